The molecule has 0 fully saturated rings. The standard InChI is InChI=1S/C18H22ClNO6.C18H22FNO6.C14H13ClFNO3.C4H10O3/c1-18(2,3)20-10-12(17(23)24)16(22)11-8-15(13(19)9-14(11)20)26-7-6-25-5-4-21;1-18(2,3)20-10-12(17(23)24)16(22)11-8-13(19)15(9-14(11)20)26-7-6-25-5-4-21;1-14(2,3)17-6-8(13(19)20)12(18)7-4-10(16)9(15)5-11(7)17;5-1-3-7-4-2-6/h2*8-10,21H,4-7H2,1-3H3,(H,23,24);4-6H,1-3H3,(H,19,20);5-6H,1-4H2. The van der Waals surface area contributed by atoms with Gasteiger partial charge < -0.3 is 73.1 Å². The molecule has 3 aromatic carbocycles. The second-order valence-electron chi connectivity index (χ2n) is 20.0. The zero-order chi connectivity index (χ0) is 59.7. The van der Waals surface area contributed by atoms with Crippen LogP contribution in [0.25, 0.3) is 32.7 Å². The van der Waals surface area contributed by atoms with Crippen molar-refractivity contribution < 1.29 is 82.6 Å². The molecule has 7 N–H and O–H groups in total. The lowest BCUT2D eigenvalue weighted by Crippen LogP contribution is -2.27. The topological polar surface area (TPSA) is 305 Å². The number of carbonyl (C=O) groups is 3. The number of aliphatic hydroxyl groups excluding tert-OH is 4. The molecular formula is C54H67Cl2F2N3O18. The minimum Gasteiger partial charge on any atom is -0.490 e. The van der Waals surface area contributed by atoms with Gasteiger partial charge in [0.1, 0.15) is 41.5 Å². The Morgan fingerprint density at radius 3 is 1.09 bits per heavy atom. The number of aromatic nitrogens is 3. The van der Waals surface area contributed by atoms with E-state index in [0.29, 0.717) is 34.8 Å². The van der Waals surface area contributed by atoms with Crippen LogP contribution in [0.1, 0.15) is 93.4 Å². The second-order valence-corrected chi connectivity index (χ2v) is 20.8. The number of pyridine rings is 3. The molecule has 0 radical (unpaired) electrons. The van der Waals surface area contributed by atoms with Crippen molar-refractivity contribution in [2.75, 3.05) is 79.3 Å². The number of benzene rings is 3. The summed E-state index contributed by atoms with van der Waals surface area (Å²) in [5.74, 6) is -5.30. The number of fused-ring (bicyclic) bond motifs is 3. The molecule has 0 aliphatic rings. The van der Waals surface area contributed by atoms with Crippen molar-refractivity contribution in [3.8, 4) is 11.5 Å². The van der Waals surface area contributed by atoms with E-state index in [9.17, 15) is 47.8 Å². The molecule has 0 spiro atoms. The van der Waals surface area contributed by atoms with Crippen LogP contribution >= 0.6 is 23.2 Å². The van der Waals surface area contributed by atoms with E-state index >= 15 is 0 Å². The first-order chi connectivity index (χ1) is 36.9. The summed E-state index contributed by atoms with van der Waals surface area (Å²) in [6.07, 6.45) is 3.87. The number of aromatic carboxylic acids is 3. The van der Waals surface area contributed by atoms with Gasteiger partial charge in [-0.25, -0.2) is 23.2 Å². The molecule has 6 rings (SSSR count). The third-order valence-electron chi connectivity index (χ3n) is 10.9. The summed E-state index contributed by atoms with van der Waals surface area (Å²) in [6.45, 7) is 18.3. The van der Waals surface area contributed by atoms with Gasteiger partial charge >= 0.3 is 17.9 Å². The molecule has 0 saturated carbocycles. The van der Waals surface area contributed by atoms with E-state index < -0.39 is 73.6 Å². The van der Waals surface area contributed by atoms with Crippen molar-refractivity contribution in [2.24, 2.45) is 0 Å². The van der Waals surface area contributed by atoms with Crippen LogP contribution in [0.3, 0.4) is 0 Å². The highest BCUT2D eigenvalue weighted by Gasteiger charge is 2.26. The Hall–Kier alpha value is -6.54. The van der Waals surface area contributed by atoms with E-state index in [1.54, 1.807) is 19.8 Å². The Balaban J connectivity index is 0.000000295. The third kappa shape index (κ3) is 18.2. The van der Waals surface area contributed by atoms with Crippen LogP contribution in [0.5, 0.6) is 11.5 Å². The average Bonchev–Trinajstić information content (AvgIpc) is 3.35. The van der Waals surface area contributed by atoms with Gasteiger partial charge in [0, 0.05) is 52.0 Å². The molecule has 0 aliphatic carbocycles. The smallest absolute Gasteiger partial charge is 0.341 e. The number of aliphatic hydroxyl groups is 4. The number of carboxylic acids is 3. The van der Waals surface area contributed by atoms with Crippen molar-refractivity contribution in [3.05, 3.63) is 124 Å². The van der Waals surface area contributed by atoms with E-state index in [4.69, 9.17) is 67.7 Å². The van der Waals surface area contributed by atoms with Crippen LogP contribution in [-0.2, 0) is 30.8 Å². The number of hydrogen-bond acceptors (Lipinski definition) is 15. The summed E-state index contributed by atoms with van der Waals surface area (Å²) in [4.78, 5) is 71.1. The highest BCUT2D eigenvalue weighted by atomic mass is 35.5. The lowest BCUT2D eigenvalue weighted by molar-refractivity contribution is 0.0650. The lowest BCUT2D eigenvalue weighted by atomic mass is 10.0. The summed E-state index contributed by atoms with van der Waals surface area (Å²) in [5, 5.41) is 61.6. The van der Waals surface area contributed by atoms with Crippen molar-refractivity contribution in [1.82, 2.24) is 13.7 Å². The third-order valence-corrected chi connectivity index (χ3v) is 11.5. The molecule has 3 heterocycles. The highest BCUT2D eigenvalue weighted by molar-refractivity contribution is 6.33. The molecule has 0 amide bonds. The van der Waals surface area contributed by atoms with Crippen LogP contribution in [-0.4, -0.2) is 147 Å². The Kier molecular flexibility index (Phi) is 25.0. The molecule has 6 aromatic rings. The van der Waals surface area contributed by atoms with Gasteiger partial charge in [0.2, 0.25) is 16.3 Å². The number of carboxylic acid groups (broad SMARTS) is 3. The number of hydrogen-bond donors (Lipinski definition) is 7. The number of ether oxygens (including phenoxy) is 5. The fourth-order valence-corrected chi connectivity index (χ4v) is 7.67. The summed E-state index contributed by atoms with van der Waals surface area (Å²) < 4.78 is 58.5. The quantitative estimate of drug-likeness (QED) is 0.0414. The molecule has 3 aromatic heterocycles. The Morgan fingerprint density at radius 1 is 0.443 bits per heavy atom. The summed E-state index contributed by atoms with van der Waals surface area (Å²) in [7, 11) is 0. The number of nitrogens with zero attached hydrogens (tertiary/aromatic N) is 3. The number of rotatable bonds is 19. The minimum atomic E-state index is -1.36. The average molecular weight is 1160 g/mol. The van der Waals surface area contributed by atoms with Crippen LogP contribution in [0.4, 0.5) is 8.78 Å². The van der Waals surface area contributed by atoms with Crippen LogP contribution in [0, 0.1) is 11.6 Å². The Labute approximate surface area is 462 Å². The summed E-state index contributed by atoms with van der Waals surface area (Å²) >= 11 is 12.0. The molecule has 0 aliphatic heterocycles. The first-order valence-corrected chi connectivity index (χ1v) is 25.1. The second kappa shape index (κ2) is 29.6. The van der Waals surface area contributed by atoms with E-state index in [1.807, 2.05) is 62.3 Å². The maximum Gasteiger partial charge on any atom is 0.341 e. The summed E-state index contributed by atoms with van der Waals surface area (Å²) in [6, 6.07) is 7.75. The zero-order valence-corrected chi connectivity index (χ0v) is 46.7. The van der Waals surface area contributed by atoms with Gasteiger partial charge in [-0.15, -0.1) is 0 Å². The van der Waals surface area contributed by atoms with Crippen LogP contribution < -0.4 is 25.8 Å². The largest absolute Gasteiger partial charge is 0.490 e. The molecule has 25 heteroatoms. The molecular weight excluding hydrogens is 1090 g/mol. The minimum absolute atomic E-state index is 0.00160. The maximum atomic E-state index is 14.3. The van der Waals surface area contributed by atoms with Crippen LogP contribution in [0.15, 0.2) is 69.4 Å². The van der Waals surface area contributed by atoms with E-state index in [1.165, 1.54) is 36.8 Å². The SMILES string of the molecule is CC(C)(C)n1cc(C(=O)O)c(=O)c2cc(F)c(Cl)cc21.CC(C)(C)n1cc(C(=O)O)c(=O)c2cc(F)c(OCCOCCO)cc21.CC(C)(C)n1cc(C(=O)O)c(=O)c2cc(OCCOCCO)c(Cl)cc21.OCCOCCO. The fourth-order valence-electron chi connectivity index (χ4n) is 7.30. The first-order valence-electron chi connectivity index (χ1n) is 24.3. The molecule has 79 heavy (non-hydrogen) atoms. The monoisotopic (exact) mass is 1150 g/mol. The Morgan fingerprint density at radius 2 is 0.747 bits per heavy atom. The molecule has 21 nitrogen and oxygen atoms in total. The van der Waals surface area contributed by atoms with Gasteiger partial charge in [-0.3, -0.25) is 14.4 Å². The predicted octanol–water partition coefficient (Wildman–Crippen LogP) is 6.71. The van der Waals surface area contributed by atoms with Gasteiger partial charge in [0.15, 0.2) is 11.6 Å². The van der Waals surface area contributed by atoms with Gasteiger partial charge in [0.25, 0.3) is 0 Å². The molecule has 434 valence electrons. The van der Waals surface area contributed by atoms with Gasteiger partial charge in [-0.1, -0.05) is 23.2 Å². The normalized spacial score (nSPS) is 11.6. The maximum absolute atomic E-state index is 14.3. The predicted molar refractivity (Wildman–Crippen MR) is 292 cm³/mol. The van der Waals surface area contributed by atoms with Crippen molar-refractivity contribution >= 4 is 73.8 Å². The van der Waals surface area contributed by atoms with Gasteiger partial charge in [-0.05, 0) is 92.6 Å². The van der Waals surface area contributed by atoms with Crippen molar-refractivity contribution in [2.45, 2.75) is 78.9 Å². The van der Waals surface area contributed by atoms with Gasteiger partial charge in [0.05, 0.1) is 98.1 Å². The highest BCUT2D eigenvalue weighted by Crippen LogP contribution is 2.32. The van der Waals surface area contributed by atoms with Crippen LogP contribution in [0.2, 0.25) is 10.0 Å². The molecule has 0 saturated heterocycles. The number of halogens is 4. The van der Waals surface area contributed by atoms with Crippen molar-refractivity contribution in [1.29, 1.82) is 0 Å². The van der Waals surface area contributed by atoms with E-state index in [2.05, 4.69) is 4.74 Å². The van der Waals surface area contributed by atoms with E-state index in [0.717, 1.165) is 12.1 Å². The summed E-state index contributed by atoms with van der Waals surface area (Å²) in [5.41, 5.74) is -3.37. The molecule has 0 unspecified atom stereocenters. The first kappa shape index (κ1) is 66.7. The fraction of sp³-hybridized carbons (Fsp3) is 0.444. The molecule has 0 atom stereocenters. The lowest BCUT2D eigenvalue weighted by Gasteiger charge is -2.26. The van der Waals surface area contributed by atoms with E-state index in [-0.39, 0.29) is 104 Å². The Bertz CT molecular complexity index is 3280. The molecule has 0 bridgehead atoms. The van der Waals surface area contributed by atoms with Gasteiger partial charge in [-0.2, -0.15) is 0 Å². The van der Waals surface area contributed by atoms with Crippen molar-refractivity contribution in [3.63, 3.8) is 0 Å². The zero-order valence-electron chi connectivity index (χ0n) is 45.2.